The normalized spacial score (nSPS) is 23.9. The molecule has 1 aliphatic carbocycles. The highest BCUT2D eigenvalue weighted by Gasteiger charge is 2.30. The van der Waals surface area contributed by atoms with Crippen LogP contribution in [0.2, 0.25) is 0 Å². The van der Waals surface area contributed by atoms with Gasteiger partial charge in [0.05, 0.1) is 43.8 Å². The van der Waals surface area contributed by atoms with Gasteiger partial charge in [-0.15, -0.1) is 5.73 Å². The Labute approximate surface area is 311 Å². The number of fused-ring (bicyclic) bond motifs is 1. The Morgan fingerprint density at radius 1 is 1.10 bits per heavy atom. The second kappa shape index (κ2) is 19.6. The highest BCUT2D eigenvalue weighted by molar-refractivity contribution is 5.64. The van der Waals surface area contributed by atoms with Gasteiger partial charge >= 0.3 is 0 Å². The molecule has 1 aromatic carbocycles. The summed E-state index contributed by atoms with van der Waals surface area (Å²) in [5, 5.41) is 5.50. The largest absolute Gasteiger partial charge is 0.376 e. The van der Waals surface area contributed by atoms with Gasteiger partial charge in [-0.05, 0) is 61.1 Å². The fraction of sp³-hybridized carbons (Fsp3) is 0.341. The number of hydroxylamine groups is 2. The number of H-pyrrole nitrogens is 1. The van der Waals surface area contributed by atoms with E-state index in [1.54, 1.807) is 0 Å². The topological polar surface area (TPSA) is 78.8 Å². The number of benzene rings is 1. The average molecular weight is 696 g/mol. The molecule has 4 aliphatic rings. The molecule has 6 rings (SSSR count). The summed E-state index contributed by atoms with van der Waals surface area (Å²) in [6.45, 7) is 15.6. The van der Waals surface area contributed by atoms with Crippen LogP contribution in [0.15, 0.2) is 139 Å². The molecule has 3 aliphatic heterocycles. The first-order valence-corrected chi connectivity index (χ1v) is 17.1. The van der Waals surface area contributed by atoms with Crippen LogP contribution >= 0.6 is 0 Å². The summed E-state index contributed by atoms with van der Waals surface area (Å²) in [4.78, 5) is 11.8. The molecule has 1 spiro atoms. The lowest BCUT2D eigenvalue weighted by Crippen LogP contribution is -2.31. The van der Waals surface area contributed by atoms with Gasteiger partial charge in [-0.2, -0.15) is 0 Å². The maximum absolute atomic E-state index is 6.07. The number of rotatable bonds is 7. The van der Waals surface area contributed by atoms with E-state index in [0.29, 0.717) is 26.4 Å². The zero-order chi connectivity index (χ0) is 34.6. The summed E-state index contributed by atoms with van der Waals surface area (Å²) in [6.07, 6.45) is 27.1. The van der Waals surface area contributed by atoms with Crippen LogP contribution in [-0.2, 0) is 16.1 Å². The number of nitrogens with two attached hydrogens (primary N) is 1. The lowest BCUT2D eigenvalue weighted by Gasteiger charge is -2.32. The number of nitrogens with zero attached hydrogens (tertiary/aromatic N) is 2. The minimum atomic E-state index is -0.110. The van der Waals surface area contributed by atoms with Gasteiger partial charge in [0.1, 0.15) is 0 Å². The maximum Gasteiger partial charge on any atom is 0.0930 e. The minimum absolute atomic E-state index is 0. The molecule has 0 radical (unpaired) electrons. The van der Waals surface area contributed by atoms with Crippen LogP contribution < -0.4 is 11.1 Å². The van der Waals surface area contributed by atoms with Crippen LogP contribution in [0.25, 0.3) is 11.8 Å². The molecule has 1 unspecified atom stereocenters. The summed E-state index contributed by atoms with van der Waals surface area (Å²) in [7, 11) is 2.09. The second-order valence-electron chi connectivity index (χ2n) is 12.9. The molecule has 1 aromatic heterocycles. The van der Waals surface area contributed by atoms with E-state index in [-0.39, 0.29) is 36.6 Å². The number of aromatic nitrogens is 1. The van der Waals surface area contributed by atoms with Crippen molar-refractivity contribution in [3.05, 3.63) is 162 Å². The van der Waals surface area contributed by atoms with Gasteiger partial charge in [0.2, 0.25) is 0 Å². The zero-order valence-corrected chi connectivity index (χ0v) is 29.2. The molecular weight excluding hydrogens is 631 g/mol. The number of nitrogens with one attached hydrogen (secondary N) is 2. The second-order valence-corrected chi connectivity index (χ2v) is 12.9. The van der Waals surface area contributed by atoms with Crippen LogP contribution in [0.5, 0.6) is 0 Å². The van der Waals surface area contributed by atoms with E-state index in [1.807, 2.05) is 48.4 Å². The fourth-order valence-electron chi connectivity index (χ4n) is 6.13. The molecule has 4 heterocycles. The molecule has 278 valence electrons. The molecule has 0 fully saturated rings. The van der Waals surface area contributed by atoms with E-state index in [9.17, 15) is 0 Å². The smallest absolute Gasteiger partial charge is 0.0930 e. The van der Waals surface area contributed by atoms with E-state index < -0.39 is 0 Å². The number of hydrogen-bond donors (Lipinski definition) is 3. The Balaban J connectivity index is 0.00000106. The first-order chi connectivity index (χ1) is 23.8. The van der Waals surface area contributed by atoms with Crippen molar-refractivity contribution in [2.45, 2.75) is 60.2 Å². The number of aromatic amines is 1. The summed E-state index contributed by atoms with van der Waals surface area (Å²) in [6, 6.07) is 12.7. The molecule has 7 nitrogen and oxygen atoms in total. The van der Waals surface area contributed by atoms with Crippen LogP contribution in [0, 0.1) is 5.41 Å². The predicted octanol–water partition coefficient (Wildman–Crippen LogP) is 9.90. The molecule has 2 aromatic rings. The third kappa shape index (κ3) is 10.9. The Hall–Kier alpha value is -4.78. The van der Waals surface area contributed by atoms with Crippen LogP contribution in [0.1, 0.15) is 74.4 Å². The Kier molecular flexibility index (Phi) is 15.6. The summed E-state index contributed by atoms with van der Waals surface area (Å²) >= 11 is 0. The zero-order valence-electron chi connectivity index (χ0n) is 29.2. The Morgan fingerprint density at radius 3 is 2.63 bits per heavy atom. The SMILES string of the molecule is C.C.C=C1/C=C([C@@H](C)N)\C=C/COCC12C=CC=CC2.C=C=C(CN1OC/C=C\C/C=C\1c1ccccc1)N[C@H](C)c1cc2c([nH]1)C=CN(C)C2.[HH].[HH].[HH]. The van der Waals surface area contributed by atoms with Crippen LogP contribution in [0.4, 0.5) is 0 Å². The van der Waals surface area contributed by atoms with Crippen molar-refractivity contribution in [2.75, 3.05) is 33.4 Å². The molecule has 51 heavy (non-hydrogen) atoms. The Bertz CT molecular complexity index is 1730. The van der Waals surface area contributed by atoms with E-state index in [0.717, 1.165) is 53.2 Å². The molecule has 4 N–H and O–H groups in total. The number of allylic oxidation sites excluding steroid dienone is 6. The quantitative estimate of drug-likeness (QED) is 0.198. The molecular formula is C44H65N5O2. The van der Waals surface area contributed by atoms with Gasteiger partial charge in [0.15, 0.2) is 0 Å². The third-order valence-electron chi connectivity index (χ3n) is 9.06. The van der Waals surface area contributed by atoms with E-state index >= 15 is 0 Å². The van der Waals surface area contributed by atoms with Gasteiger partial charge in [0.25, 0.3) is 0 Å². The molecule has 0 saturated carbocycles. The third-order valence-corrected chi connectivity index (χ3v) is 9.06. The molecule has 0 amide bonds. The van der Waals surface area contributed by atoms with E-state index in [2.05, 4.69) is 121 Å². The number of ether oxygens (including phenoxy) is 1. The van der Waals surface area contributed by atoms with Gasteiger partial charge in [0, 0.05) is 46.9 Å². The van der Waals surface area contributed by atoms with Gasteiger partial charge < -0.3 is 25.7 Å². The van der Waals surface area contributed by atoms with Crippen LogP contribution in [0.3, 0.4) is 0 Å². The molecule has 7 heteroatoms. The van der Waals surface area contributed by atoms with E-state index in [1.165, 1.54) is 11.3 Å². The van der Waals surface area contributed by atoms with E-state index in [4.69, 9.17) is 15.3 Å². The predicted molar refractivity (Wildman–Crippen MR) is 222 cm³/mol. The van der Waals surface area contributed by atoms with Crippen molar-refractivity contribution < 1.29 is 13.9 Å². The maximum atomic E-state index is 6.07. The highest BCUT2D eigenvalue weighted by atomic mass is 16.7. The first-order valence-electron chi connectivity index (χ1n) is 17.1. The van der Waals surface area contributed by atoms with Crippen molar-refractivity contribution in [2.24, 2.45) is 11.1 Å². The van der Waals surface area contributed by atoms with Gasteiger partial charge in [-0.3, -0.25) is 4.84 Å². The minimum Gasteiger partial charge on any atom is -0.376 e. The van der Waals surface area contributed by atoms with Crippen molar-refractivity contribution in [1.29, 1.82) is 0 Å². The standard InChI is InChI=1S/C26H30N4O.C16H21NO.2CH4.3H2/c1-4-23(27-20(2)25-17-22-18-29(3)15-14-24(22)28-25)19-30-26(13-9-6-10-16-31-30)21-11-7-5-8-12-21;1-13-11-15(14(2)17)7-6-10-18-12-16(13)8-4-3-5-9-16;;;;;/h5-8,10-15,17,20,27-28H,1,9,16,18-19H2,2-3H3;3-8,11,14H,1,9-10,12,17H2,2H3;2*1H4;3*1H/b10-6-,26-13-;7-6-,15-11+;;;;;/t20-;14-,16?;;;;;/m11...../s1. The average Bonchev–Trinajstić information content (AvgIpc) is 3.55. The first kappa shape index (κ1) is 40.6. The van der Waals surface area contributed by atoms with Crippen molar-refractivity contribution in [3.63, 3.8) is 0 Å². The van der Waals surface area contributed by atoms with Gasteiger partial charge in [-0.1, -0.05) is 119 Å². The lowest BCUT2D eigenvalue weighted by molar-refractivity contribution is -0.0906. The summed E-state index contributed by atoms with van der Waals surface area (Å²) < 4.78 is 5.74. The fourth-order valence-corrected chi connectivity index (χ4v) is 6.13. The molecule has 0 bridgehead atoms. The summed E-state index contributed by atoms with van der Waals surface area (Å²) in [5.41, 5.74) is 17.8. The summed E-state index contributed by atoms with van der Waals surface area (Å²) in [5.74, 6) is 0. The molecule has 0 saturated heterocycles. The van der Waals surface area contributed by atoms with Crippen molar-refractivity contribution in [3.8, 4) is 0 Å². The van der Waals surface area contributed by atoms with Gasteiger partial charge in [-0.25, -0.2) is 5.06 Å². The van der Waals surface area contributed by atoms with Crippen molar-refractivity contribution >= 4 is 11.8 Å². The lowest BCUT2D eigenvalue weighted by atomic mass is 9.75. The monoisotopic (exact) mass is 696 g/mol. The highest BCUT2D eigenvalue weighted by Crippen LogP contribution is 2.37. The Morgan fingerprint density at radius 2 is 1.90 bits per heavy atom. The van der Waals surface area contributed by atoms with Crippen molar-refractivity contribution in [1.82, 2.24) is 20.3 Å². The van der Waals surface area contributed by atoms with Crippen LogP contribution in [-0.4, -0.2) is 54.4 Å². The number of hydrogen-bond acceptors (Lipinski definition) is 6. The molecule has 3 atom stereocenters.